The second-order valence-corrected chi connectivity index (χ2v) is 9.88. The molecule has 0 saturated carbocycles. The third-order valence-corrected chi connectivity index (χ3v) is 8.04. The maximum Gasteiger partial charge on any atom is 0.263 e. The van der Waals surface area contributed by atoms with E-state index in [0.29, 0.717) is 18.8 Å². The second-order valence-electron chi connectivity index (χ2n) is 7.06. The molecule has 2 aromatic rings. The zero-order valence-electron chi connectivity index (χ0n) is 16.5. The number of hydrogen-bond donors (Lipinski definition) is 2. The number of aryl methyl sites for hydroxylation is 1. The lowest BCUT2D eigenvalue weighted by Crippen LogP contribution is -2.37. The molecule has 2 N–H and O–H groups in total. The summed E-state index contributed by atoms with van der Waals surface area (Å²) in [6.45, 7) is 4.56. The van der Waals surface area contributed by atoms with Crippen molar-refractivity contribution >= 4 is 38.9 Å². The van der Waals surface area contributed by atoms with Gasteiger partial charge in [0.15, 0.2) is 0 Å². The topological polar surface area (TPSA) is 95.6 Å². The molecule has 29 heavy (non-hydrogen) atoms. The van der Waals surface area contributed by atoms with E-state index in [4.69, 9.17) is 0 Å². The SMILES string of the molecule is Cc1cccc(NC(=O)CNC(=O)c2sccc2S(=O)(=O)N2CCCCC2)c1C. The summed E-state index contributed by atoms with van der Waals surface area (Å²) in [7, 11) is -3.71. The van der Waals surface area contributed by atoms with Crippen LogP contribution < -0.4 is 10.6 Å². The first-order valence-electron chi connectivity index (χ1n) is 9.52. The summed E-state index contributed by atoms with van der Waals surface area (Å²) >= 11 is 1.06. The number of piperidine rings is 1. The molecule has 0 radical (unpaired) electrons. The Morgan fingerprint density at radius 2 is 1.83 bits per heavy atom. The molecule has 0 atom stereocenters. The Labute approximate surface area is 175 Å². The van der Waals surface area contributed by atoms with E-state index < -0.39 is 15.9 Å². The fourth-order valence-electron chi connectivity index (χ4n) is 3.23. The minimum absolute atomic E-state index is 0.0110. The van der Waals surface area contributed by atoms with Gasteiger partial charge in [0, 0.05) is 18.8 Å². The highest BCUT2D eigenvalue weighted by atomic mass is 32.2. The molecule has 0 aliphatic carbocycles. The van der Waals surface area contributed by atoms with Crippen molar-refractivity contribution in [2.75, 3.05) is 25.0 Å². The van der Waals surface area contributed by atoms with E-state index in [0.717, 1.165) is 41.7 Å². The number of thiophene rings is 1. The summed E-state index contributed by atoms with van der Waals surface area (Å²) in [6, 6.07) is 7.05. The highest BCUT2D eigenvalue weighted by Gasteiger charge is 2.31. The molecule has 1 aliphatic heterocycles. The van der Waals surface area contributed by atoms with Gasteiger partial charge in [0.2, 0.25) is 15.9 Å². The number of nitrogens with one attached hydrogen (secondary N) is 2. The Kier molecular flexibility index (Phi) is 6.71. The Morgan fingerprint density at radius 3 is 2.55 bits per heavy atom. The predicted octanol–water partition coefficient (Wildman–Crippen LogP) is 2.91. The lowest BCUT2D eigenvalue weighted by Gasteiger charge is -2.25. The van der Waals surface area contributed by atoms with Crippen molar-refractivity contribution in [1.29, 1.82) is 0 Å². The van der Waals surface area contributed by atoms with Crippen LogP contribution in [0.2, 0.25) is 0 Å². The molecule has 0 unspecified atom stereocenters. The first-order valence-corrected chi connectivity index (χ1v) is 11.8. The van der Waals surface area contributed by atoms with E-state index >= 15 is 0 Å². The quantitative estimate of drug-likeness (QED) is 0.729. The van der Waals surface area contributed by atoms with Crippen LogP contribution in [0.5, 0.6) is 0 Å². The van der Waals surface area contributed by atoms with E-state index in [9.17, 15) is 18.0 Å². The van der Waals surface area contributed by atoms with E-state index in [1.54, 1.807) is 11.4 Å². The van der Waals surface area contributed by atoms with Gasteiger partial charge in [-0.3, -0.25) is 9.59 Å². The molecule has 3 rings (SSSR count). The second kappa shape index (κ2) is 9.06. The maximum absolute atomic E-state index is 12.9. The number of carbonyl (C=O) groups excluding carboxylic acids is 2. The maximum atomic E-state index is 12.9. The van der Waals surface area contributed by atoms with E-state index in [-0.39, 0.29) is 22.2 Å². The van der Waals surface area contributed by atoms with Crippen molar-refractivity contribution in [2.45, 2.75) is 38.0 Å². The van der Waals surface area contributed by atoms with Gasteiger partial charge in [0.25, 0.3) is 5.91 Å². The lowest BCUT2D eigenvalue weighted by molar-refractivity contribution is -0.115. The Bertz CT molecular complexity index is 1010. The van der Waals surface area contributed by atoms with Crippen LogP contribution in [0, 0.1) is 13.8 Å². The number of nitrogens with zero attached hydrogens (tertiary/aromatic N) is 1. The number of benzene rings is 1. The van der Waals surface area contributed by atoms with Crippen LogP contribution in [0.3, 0.4) is 0 Å². The number of amides is 2. The first-order chi connectivity index (χ1) is 13.8. The fraction of sp³-hybridized carbons (Fsp3) is 0.400. The van der Waals surface area contributed by atoms with Crippen LogP contribution in [-0.2, 0) is 14.8 Å². The number of rotatable bonds is 6. The number of carbonyl (C=O) groups is 2. The third-order valence-electron chi connectivity index (χ3n) is 5.06. The minimum atomic E-state index is -3.71. The number of hydrogen-bond acceptors (Lipinski definition) is 5. The average Bonchev–Trinajstić information content (AvgIpc) is 3.21. The van der Waals surface area contributed by atoms with Crippen molar-refractivity contribution in [1.82, 2.24) is 9.62 Å². The fourth-order valence-corrected chi connectivity index (χ4v) is 6.07. The van der Waals surface area contributed by atoms with Crippen molar-refractivity contribution < 1.29 is 18.0 Å². The molecule has 1 saturated heterocycles. The van der Waals surface area contributed by atoms with Gasteiger partial charge in [-0.25, -0.2) is 8.42 Å². The minimum Gasteiger partial charge on any atom is -0.342 e. The van der Waals surface area contributed by atoms with Gasteiger partial charge in [-0.15, -0.1) is 11.3 Å². The van der Waals surface area contributed by atoms with Crippen LogP contribution in [0.15, 0.2) is 34.5 Å². The van der Waals surface area contributed by atoms with Crippen LogP contribution in [0.1, 0.15) is 40.1 Å². The average molecular weight is 436 g/mol. The molecule has 1 aromatic heterocycles. The van der Waals surface area contributed by atoms with Crippen LogP contribution in [-0.4, -0.2) is 44.2 Å². The number of sulfonamides is 1. The Morgan fingerprint density at radius 1 is 1.10 bits per heavy atom. The molecule has 2 heterocycles. The molecule has 1 aromatic carbocycles. The molecule has 7 nitrogen and oxygen atoms in total. The van der Waals surface area contributed by atoms with Crippen molar-refractivity contribution in [3.05, 3.63) is 45.6 Å². The van der Waals surface area contributed by atoms with Crippen molar-refractivity contribution in [3.8, 4) is 0 Å². The zero-order valence-corrected chi connectivity index (χ0v) is 18.2. The summed E-state index contributed by atoms with van der Waals surface area (Å²) in [5, 5.41) is 6.89. The molecule has 9 heteroatoms. The highest BCUT2D eigenvalue weighted by molar-refractivity contribution is 7.89. The molecule has 2 amide bonds. The third kappa shape index (κ3) is 4.85. The predicted molar refractivity (Wildman–Crippen MR) is 114 cm³/mol. The van der Waals surface area contributed by atoms with Crippen molar-refractivity contribution in [3.63, 3.8) is 0 Å². The van der Waals surface area contributed by atoms with Gasteiger partial charge >= 0.3 is 0 Å². The zero-order chi connectivity index (χ0) is 21.0. The molecule has 0 spiro atoms. The first kappa shape index (κ1) is 21.5. The van der Waals surface area contributed by atoms with Crippen LogP contribution in [0.25, 0.3) is 0 Å². The largest absolute Gasteiger partial charge is 0.342 e. The van der Waals surface area contributed by atoms with Gasteiger partial charge < -0.3 is 10.6 Å². The molecule has 1 fully saturated rings. The van der Waals surface area contributed by atoms with Gasteiger partial charge in [0.05, 0.1) is 6.54 Å². The van der Waals surface area contributed by atoms with Gasteiger partial charge in [-0.2, -0.15) is 4.31 Å². The summed E-state index contributed by atoms with van der Waals surface area (Å²) in [5.74, 6) is -0.934. The molecule has 1 aliphatic rings. The van der Waals surface area contributed by atoms with Gasteiger partial charge in [0.1, 0.15) is 9.77 Å². The van der Waals surface area contributed by atoms with Gasteiger partial charge in [-0.05, 0) is 55.3 Å². The Hall–Kier alpha value is -2.23. The normalized spacial score (nSPS) is 15.1. The molecular formula is C20H25N3O4S2. The van der Waals surface area contributed by atoms with E-state index in [2.05, 4.69) is 10.6 Å². The molecular weight excluding hydrogens is 410 g/mol. The summed E-state index contributed by atoms with van der Waals surface area (Å²) in [5.41, 5.74) is 2.70. The monoisotopic (exact) mass is 435 g/mol. The summed E-state index contributed by atoms with van der Waals surface area (Å²) < 4.78 is 27.2. The van der Waals surface area contributed by atoms with E-state index in [1.807, 2.05) is 26.0 Å². The van der Waals surface area contributed by atoms with Crippen molar-refractivity contribution in [2.24, 2.45) is 0 Å². The summed E-state index contributed by atoms with van der Waals surface area (Å²) in [6.07, 6.45) is 2.66. The van der Waals surface area contributed by atoms with Crippen LogP contribution >= 0.6 is 11.3 Å². The smallest absolute Gasteiger partial charge is 0.263 e. The standard InChI is InChI=1S/C20H25N3O4S2/c1-14-7-6-8-16(15(14)2)22-18(24)13-21-20(25)19-17(9-12-28-19)29(26,27)23-10-4-3-5-11-23/h6-9,12H,3-5,10-11,13H2,1-2H3,(H,21,25)(H,22,24). The Balaban J connectivity index is 1.65. The lowest BCUT2D eigenvalue weighted by atomic mass is 10.1. The number of anilines is 1. The summed E-state index contributed by atoms with van der Waals surface area (Å²) in [4.78, 5) is 24.9. The highest BCUT2D eigenvalue weighted by Crippen LogP contribution is 2.27. The molecule has 0 bridgehead atoms. The van der Waals surface area contributed by atoms with E-state index in [1.165, 1.54) is 10.4 Å². The van der Waals surface area contributed by atoms with Gasteiger partial charge in [-0.1, -0.05) is 18.6 Å². The van der Waals surface area contributed by atoms with Crippen LogP contribution in [0.4, 0.5) is 5.69 Å². The molecule has 156 valence electrons.